The Balaban J connectivity index is 1.26. The normalized spacial score (nSPS) is 20.6. The largest absolute Gasteiger partial charge is 0.497 e. The number of carbonyl (C=O) groups excluding carboxylic acids is 1. The highest BCUT2D eigenvalue weighted by atomic mass is 32.1. The standard InChI is InChI=1S/C21H26N2O3S/c1-25-18-5-4-15-11-16(14-26-20(15)12-18)21(24)22-17-6-8-23(9-7-17)13-19-3-2-10-27-19/h2-5,10,12,16-17H,6-9,11,13-14H2,1H3,(H,22,24)/t16-/m0/s1. The molecule has 0 unspecified atom stereocenters. The highest BCUT2D eigenvalue weighted by molar-refractivity contribution is 7.09. The van der Waals surface area contributed by atoms with Gasteiger partial charge in [0.25, 0.3) is 0 Å². The van der Waals surface area contributed by atoms with Gasteiger partial charge in [-0.15, -0.1) is 11.3 Å². The van der Waals surface area contributed by atoms with Crippen molar-refractivity contribution in [2.75, 3.05) is 26.8 Å². The number of rotatable bonds is 5. The molecule has 1 amide bonds. The summed E-state index contributed by atoms with van der Waals surface area (Å²) in [5.74, 6) is 1.62. The van der Waals surface area contributed by atoms with Gasteiger partial charge in [0.05, 0.1) is 13.0 Å². The van der Waals surface area contributed by atoms with E-state index in [4.69, 9.17) is 9.47 Å². The molecule has 3 heterocycles. The Morgan fingerprint density at radius 1 is 1.33 bits per heavy atom. The summed E-state index contributed by atoms with van der Waals surface area (Å²) >= 11 is 1.81. The lowest BCUT2D eigenvalue weighted by molar-refractivity contribution is -0.127. The molecular weight excluding hydrogens is 360 g/mol. The van der Waals surface area contributed by atoms with Crippen molar-refractivity contribution in [2.45, 2.75) is 31.8 Å². The molecule has 0 spiro atoms. The number of piperidine rings is 1. The molecule has 1 aromatic heterocycles. The van der Waals surface area contributed by atoms with Crippen molar-refractivity contribution in [2.24, 2.45) is 5.92 Å². The third kappa shape index (κ3) is 4.45. The van der Waals surface area contributed by atoms with Crippen LogP contribution in [0.25, 0.3) is 0 Å². The van der Waals surface area contributed by atoms with Crippen LogP contribution in [-0.4, -0.2) is 43.7 Å². The molecular formula is C21H26N2O3S. The lowest BCUT2D eigenvalue weighted by Gasteiger charge is -2.33. The molecule has 0 aliphatic carbocycles. The maximum absolute atomic E-state index is 12.7. The number of benzene rings is 1. The molecule has 1 atom stereocenters. The van der Waals surface area contributed by atoms with E-state index in [1.165, 1.54) is 4.88 Å². The lowest BCUT2D eigenvalue weighted by Crippen LogP contribution is -2.47. The average molecular weight is 387 g/mol. The molecule has 27 heavy (non-hydrogen) atoms. The lowest BCUT2D eigenvalue weighted by atomic mass is 9.95. The second kappa shape index (κ2) is 8.31. The summed E-state index contributed by atoms with van der Waals surface area (Å²) in [6, 6.07) is 10.4. The number of amides is 1. The SMILES string of the molecule is COc1ccc2c(c1)OC[C@@H](C(=O)NC1CCN(Cc3cccs3)CC1)C2. The van der Waals surface area contributed by atoms with Gasteiger partial charge >= 0.3 is 0 Å². The fourth-order valence-electron chi connectivity index (χ4n) is 3.83. The Morgan fingerprint density at radius 3 is 2.93 bits per heavy atom. The zero-order valence-corrected chi connectivity index (χ0v) is 16.5. The number of hydrogen-bond acceptors (Lipinski definition) is 5. The van der Waals surface area contributed by atoms with Crippen LogP contribution in [0, 0.1) is 5.92 Å². The third-order valence-electron chi connectivity index (χ3n) is 5.44. The summed E-state index contributed by atoms with van der Waals surface area (Å²) in [5.41, 5.74) is 1.08. The molecule has 1 saturated heterocycles. The Morgan fingerprint density at radius 2 is 2.19 bits per heavy atom. The summed E-state index contributed by atoms with van der Waals surface area (Å²) in [6.45, 7) is 3.53. The van der Waals surface area contributed by atoms with Crippen molar-refractivity contribution < 1.29 is 14.3 Å². The summed E-state index contributed by atoms with van der Waals surface area (Å²) in [6.07, 6.45) is 2.75. The van der Waals surface area contributed by atoms with E-state index in [9.17, 15) is 4.79 Å². The minimum Gasteiger partial charge on any atom is -0.497 e. The van der Waals surface area contributed by atoms with E-state index < -0.39 is 0 Å². The number of thiophene rings is 1. The van der Waals surface area contributed by atoms with Crippen LogP contribution in [0.15, 0.2) is 35.7 Å². The molecule has 1 N–H and O–H groups in total. The maximum Gasteiger partial charge on any atom is 0.227 e. The van der Waals surface area contributed by atoms with Crippen LogP contribution in [0.3, 0.4) is 0 Å². The minimum absolute atomic E-state index is 0.116. The van der Waals surface area contributed by atoms with Gasteiger partial charge < -0.3 is 14.8 Å². The fourth-order valence-corrected chi connectivity index (χ4v) is 4.57. The minimum atomic E-state index is -0.116. The highest BCUT2D eigenvalue weighted by Crippen LogP contribution is 2.31. The molecule has 0 bridgehead atoms. The molecule has 4 rings (SSSR count). The van der Waals surface area contributed by atoms with E-state index in [2.05, 4.69) is 27.7 Å². The Hall–Kier alpha value is -2.05. The number of ether oxygens (including phenoxy) is 2. The first-order valence-electron chi connectivity index (χ1n) is 9.56. The molecule has 5 nitrogen and oxygen atoms in total. The molecule has 6 heteroatoms. The zero-order chi connectivity index (χ0) is 18.6. The van der Waals surface area contributed by atoms with E-state index in [1.54, 1.807) is 7.11 Å². The zero-order valence-electron chi connectivity index (χ0n) is 15.6. The van der Waals surface area contributed by atoms with Crippen LogP contribution in [0.4, 0.5) is 0 Å². The van der Waals surface area contributed by atoms with Crippen LogP contribution in [0.1, 0.15) is 23.3 Å². The van der Waals surface area contributed by atoms with E-state index >= 15 is 0 Å². The Bertz CT molecular complexity index is 770. The molecule has 2 aliphatic rings. The first kappa shape index (κ1) is 18.3. The quantitative estimate of drug-likeness (QED) is 0.858. The smallest absolute Gasteiger partial charge is 0.227 e. The van der Waals surface area contributed by atoms with E-state index in [0.29, 0.717) is 6.61 Å². The van der Waals surface area contributed by atoms with Crippen molar-refractivity contribution in [3.05, 3.63) is 46.2 Å². The number of nitrogens with zero attached hydrogens (tertiary/aromatic N) is 1. The van der Waals surface area contributed by atoms with Gasteiger partial charge in [-0.1, -0.05) is 12.1 Å². The number of nitrogens with one attached hydrogen (secondary N) is 1. The van der Waals surface area contributed by atoms with Gasteiger partial charge in [-0.2, -0.15) is 0 Å². The molecule has 1 fully saturated rings. The second-order valence-corrected chi connectivity index (χ2v) is 8.36. The van der Waals surface area contributed by atoms with Gasteiger partial charge in [0.1, 0.15) is 18.1 Å². The monoisotopic (exact) mass is 386 g/mol. The summed E-state index contributed by atoms with van der Waals surface area (Å²) in [4.78, 5) is 16.6. The van der Waals surface area contributed by atoms with Crippen LogP contribution in [0.5, 0.6) is 11.5 Å². The van der Waals surface area contributed by atoms with Crippen molar-refractivity contribution in [1.82, 2.24) is 10.2 Å². The van der Waals surface area contributed by atoms with Crippen LogP contribution < -0.4 is 14.8 Å². The second-order valence-electron chi connectivity index (χ2n) is 7.32. The average Bonchev–Trinajstić information content (AvgIpc) is 3.21. The van der Waals surface area contributed by atoms with Crippen LogP contribution in [0.2, 0.25) is 0 Å². The van der Waals surface area contributed by atoms with Gasteiger partial charge in [0.2, 0.25) is 5.91 Å². The summed E-state index contributed by atoms with van der Waals surface area (Å²) < 4.78 is 11.1. The summed E-state index contributed by atoms with van der Waals surface area (Å²) in [5, 5.41) is 5.38. The van der Waals surface area contributed by atoms with E-state index in [-0.39, 0.29) is 17.9 Å². The number of hydrogen-bond donors (Lipinski definition) is 1. The highest BCUT2D eigenvalue weighted by Gasteiger charge is 2.29. The molecule has 2 aliphatic heterocycles. The predicted octanol–water partition coefficient (Wildman–Crippen LogP) is 3.09. The number of methoxy groups -OCH3 is 1. The number of fused-ring (bicyclic) bond motifs is 1. The first-order chi connectivity index (χ1) is 13.2. The van der Waals surface area contributed by atoms with Crippen molar-refractivity contribution in [3.63, 3.8) is 0 Å². The first-order valence-corrected chi connectivity index (χ1v) is 10.4. The fraction of sp³-hybridized carbons (Fsp3) is 0.476. The third-order valence-corrected chi connectivity index (χ3v) is 6.31. The van der Waals surface area contributed by atoms with E-state index in [0.717, 1.165) is 56.0 Å². The number of carbonyl (C=O) groups is 1. The van der Waals surface area contributed by atoms with Gasteiger partial charge in [-0.05, 0) is 42.3 Å². The van der Waals surface area contributed by atoms with Gasteiger partial charge in [0, 0.05) is 36.6 Å². The maximum atomic E-state index is 12.7. The van der Waals surface area contributed by atoms with Crippen LogP contribution >= 0.6 is 11.3 Å². The van der Waals surface area contributed by atoms with Crippen molar-refractivity contribution >= 4 is 17.2 Å². The molecule has 0 radical (unpaired) electrons. The van der Waals surface area contributed by atoms with Crippen molar-refractivity contribution in [3.8, 4) is 11.5 Å². The van der Waals surface area contributed by atoms with Crippen LogP contribution in [-0.2, 0) is 17.8 Å². The van der Waals surface area contributed by atoms with Gasteiger partial charge in [-0.25, -0.2) is 0 Å². The Labute approximate surface area is 164 Å². The Kier molecular flexibility index (Phi) is 5.64. The molecule has 0 saturated carbocycles. The van der Waals surface area contributed by atoms with Gasteiger partial charge in [0.15, 0.2) is 0 Å². The molecule has 144 valence electrons. The van der Waals surface area contributed by atoms with E-state index in [1.807, 2.05) is 29.5 Å². The molecule has 1 aromatic carbocycles. The molecule has 2 aromatic rings. The predicted molar refractivity (Wildman–Crippen MR) is 106 cm³/mol. The van der Waals surface area contributed by atoms with Crippen molar-refractivity contribution in [1.29, 1.82) is 0 Å². The topological polar surface area (TPSA) is 50.8 Å². The van der Waals surface area contributed by atoms with Gasteiger partial charge in [-0.3, -0.25) is 9.69 Å². The number of likely N-dealkylation sites (tertiary alicyclic amines) is 1. The summed E-state index contributed by atoms with van der Waals surface area (Å²) in [7, 11) is 1.65.